The number of halogens is 1. The summed E-state index contributed by atoms with van der Waals surface area (Å²) in [6.45, 7) is 4.34. The number of carbonyl (C=O) groups excluding carboxylic acids is 2. The molecule has 1 fully saturated rings. The number of amides is 1. The van der Waals surface area contributed by atoms with E-state index in [2.05, 4.69) is 0 Å². The number of rotatable bonds is 3. The molecule has 0 bridgehead atoms. The molecule has 1 heterocycles. The molecule has 1 aliphatic heterocycles. The average molecular weight is 246 g/mol. The number of alkyl halides is 1. The molecule has 0 aromatic carbocycles. The van der Waals surface area contributed by atoms with Crippen molar-refractivity contribution >= 4 is 23.5 Å². The molecule has 0 radical (unpaired) electrons. The number of hydrogen-bond acceptors (Lipinski definition) is 3. The average Bonchev–Trinajstić information content (AvgIpc) is 2.64. The Hall–Kier alpha value is -1.03. The molecular weight excluding hydrogens is 230 g/mol. The molecule has 0 aromatic heterocycles. The van der Waals surface area contributed by atoms with Crippen LogP contribution in [0.2, 0.25) is 0 Å². The first kappa shape index (κ1) is 13.0. The number of hydrogen-bond donors (Lipinski definition) is 0. The minimum Gasteiger partial charge on any atom is -0.463 e. The highest BCUT2D eigenvalue weighted by molar-refractivity contribution is 6.30. The Balaban J connectivity index is 2.72. The van der Waals surface area contributed by atoms with Crippen molar-refractivity contribution in [2.24, 2.45) is 0 Å². The number of carbonyl (C=O) groups is 2. The minimum atomic E-state index is -0.566. The van der Waals surface area contributed by atoms with Gasteiger partial charge in [0.2, 0.25) is 5.91 Å². The third-order valence-electron chi connectivity index (χ3n) is 2.34. The predicted molar refractivity (Wildman–Crippen MR) is 61.0 cm³/mol. The summed E-state index contributed by atoms with van der Waals surface area (Å²) in [5.74, 6) is -0.561. The first-order valence-corrected chi connectivity index (χ1v) is 5.82. The fourth-order valence-electron chi connectivity index (χ4n) is 1.63. The first-order valence-electron chi connectivity index (χ1n) is 5.39. The quantitative estimate of drug-likeness (QED) is 0.432. The van der Waals surface area contributed by atoms with E-state index in [0.717, 1.165) is 6.42 Å². The number of esters is 1. The van der Waals surface area contributed by atoms with Gasteiger partial charge in [0, 0.05) is 18.3 Å². The van der Waals surface area contributed by atoms with E-state index in [4.69, 9.17) is 16.3 Å². The third kappa shape index (κ3) is 3.23. The van der Waals surface area contributed by atoms with Gasteiger partial charge in [0.05, 0.1) is 6.61 Å². The summed E-state index contributed by atoms with van der Waals surface area (Å²) in [7, 11) is 0. The molecular formula is C11H16ClNO3. The fourth-order valence-corrected chi connectivity index (χ4v) is 1.75. The highest BCUT2D eigenvalue weighted by Crippen LogP contribution is 2.22. The smallest absolute Gasteiger partial charge is 0.332 e. The maximum absolute atomic E-state index is 11.7. The summed E-state index contributed by atoms with van der Waals surface area (Å²) in [6.07, 6.45) is 2.96. The van der Waals surface area contributed by atoms with Gasteiger partial charge in [-0.15, -0.1) is 11.6 Å². The Labute approximate surface area is 100 Å². The summed E-state index contributed by atoms with van der Waals surface area (Å²) in [4.78, 5) is 24.5. The van der Waals surface area contributed by atoms with E-state index >= 15 is 0 Å². The van der Waals surface area contributed by atoms with E-state index in [0.29, 0.717) is 25.3 Å². The second-order valence-electron chi connectivity index (χ2n) is 3.60. The summed E-state index contributed by atoms with van der Waals surface area (Å²) in [5, 5.41) is -0.566. The van der Waals surface area contributed by atoms with Crippen LogP contribution in [0, 0.1) is 0 Å². The molecule has 0 saturated carbocycles. The Bertz CT molecular complexity index is 312. The molecule has 5 heteroatoms. The van der Waals surface area contributed by atoms with E-state index in [-0.39, 0.29) is 5.91 Å². The van der Waals surface area contributed by atoms with Crippen LogP contribution in [-0.4, -0.2) is 35.3 Å². The lowest BCUT2D eigenvalue weighted by Crippen LogP contribution is -2.32. The van der Waals surface area contributed by atoms with E-state index in [1.807, 2.05) is 0 Å². The van der Waals surface area contributed by atoms with Crippen LogP contribution in [-0.2, 0) is 14.3 Å². The van der Waals surface area contributed by atoms with Crippen LogP contribution in [0.3, 0.4) is 0 Å². The molecule has 1 aliphatic rings. The Morgan fingerprint density at radius 2 is 2.31 bits per heavy atom. The van der Waals surface area contributed by atoms with Gasteiger partial charge in [0.1, 0.15) is 5.38 Å². The molecule has 0 spiro atoms. The van der Waals surface area contributed by atoms with Crippen LogP contribution in [0.15, 0.2) is 11.8 Å². The van der Waals surface area contributed by atoms with Crippen molar-refractivity contribution < 1.29 is 14.3 Å². The van der Waals surface area contributed by atoms with E-state index in [1.54, 1.807) is 18.7 Å². The van der Waals surface area contributed by atoms with Gasteiger partial charge in [0.25, 0.3) is 0 Å². The van der Waals surface area contributed by atoms with Crippen molar-refractivity contribution in [1.29, 1.82) is 0 Å². The Kier molecular flexibility index (Phi) is 4.80. The molecule has 0 aromatic rings. The second-order valence-corrected chi connectivity index (χ2v) is 4.25. The van der Waals surface area contributed by atoms with Crippen molar-refractivity contribution in [2.75, 3.05) is 13.2 Å². The zero-order valence-corrected chi connectivity index (χ0v) is 10.3. The summed E-state index contributed by atoms with van der Waals surface area (Å²) in [6, 6.07) is 0. The molecule has 1 saturated heterocycles. The maximum atomic E-state index is 11.7. The second kappa shape index (κ2) is 5.89. The third-order valence-corrected chi connectivity index (χ3v) is 2.53. The molecule has 90 valence electrons. The standard InChI is InChI=1S/C11H16ClNO3/c1-3-16-10(14)7-9-5-4-6-13(9)11(15)8(2)12/h7-8H,3-6H2,1-2H3/b9-7+/t8-/m0/s1. The van der Waals surface area contributed by atoms with Crippen molar-refractivity contribution in [1.82, 2.24) is 4.90 Å². The number of nitrogens with zero attached hydrogens (tertiary/aromatic N) is 1. The van der Waals surface area contributed by atoms with Crippen molar-refractivity contribution in [2.45, 2.75) is 32.1 Å². The van der Waals surface area contributed by atoms with Crippen molar-refractivity contribution in [3.63, 3.8) is 0 Å². The van der Waals surface area contributed by atoms with E-state index < -0.39 is 11.3 Å². The zero-order chi connectivity index (χ0) is 12.1. The van der Waals surface area contributed by atoms with Gasteiger partial charge in [-0.1, -0.05) is 0 Å². The van der Waals surface area contributed by atoms with Crippen LogP contribution in [0.25, 0.3) is 0 Å². The molecule has 16 heavy (non-hydrogen) atoms. The lowest BCUT2D eigenvalue weighted by atomic mass is 10.3. The fraction of sp³-hybridized carbons (Fsp3) is 0.636. The van der Waals surface area contributed by atoms with Gasteiger partial charge in [-0.3, -0.25) is 4.79 Å². The van der Waals surface area contributed by atoms with Crippen molar-refractivity contribution in [3.05, 3.63) is 11.8 Å². The summed E-state index contributed by atoms with van der Waals surface area (Å²) in [5.41, 5.74) is 0.705. The number of ether oxygens (including phenoxy) is 1. The van der Waals surface area contributed by atoms with E-state index in [1.165, 1.54) is 6.08 Å². The number of likely N-dealkylation sites (tertiary alicyclic amines) is 1. The van der Waals surface area contributed by atoms with Gasteiger partial charge in [-0.25, -0.2) is 4.79 Å². The summed E-state index contributed by atoms with van der Waals surface area (Å²) >= 11 is 5.74. The topological polar surface area (TPSA) is 46.6 Å². The minimum absolute atomic E-state index is 0.158. The monoisotopic (exact) mass is 245 g/mol. The zero-order valence-electron chi connectivity index (χ0n) is 9.53. The van der Waals surface area contributed by atoms with Crippen LogP contribution < -0.4 is 0 Å². The number of allylic oxidation sites excluding steroid dienone is 1. The molecule has 4 nitrogen and oxygen atoms in total. The molecule has 0 unspecified atom stereocenters. The molecule has 1 atom stereocenters. The van der Waals surface area contributed by atoms with Crippen LogP contribution in [0.5, 0.6) is 0 Å². The highest BCUT2D eigenvalue weighted by atomic mass is 35.5. The highest BCUT2D eigenvalue weighted by Gasteiger charge is 2.26. The van der Waals surface area contributed by atoms with Crippen molar-refractivity contribution in [3.8, 4) is 0 Å². The SMILES string of the molecule is CCOC(=O)/C=C1\CCCN1C(=O)[C@H](C)Cl. The maximum Gasteiger partial charge on any atom is 0.332 e. The first-order chi connectivity index (χ1) is 7.56. The van der Waals surface area contributed by atoms with Crippen LogP contribution >= 0.6 is 11.6 Å². The molecule has 1 rings (SSSR count). The Morgan fingerprint density at radius 1 is 1.62 bits per heavy atom. The van der Waals surface area contributed by atoms with Crippen LogP contribution in [0.1, 0.15) is 26.7 Å². The van der Waals surface area contributed by atoms with E-state index in [9.17, 15) is 9.59 Å². The molecule has 1 amide bonds. The normalized spacial score (nSPS) is 19.9. The Morgan fingerprint density at radius 3 is 2.88 bits per heavy atom. The van der Waals surface area contributed by atoms with Gasteiger partial charge in [0.15, 0.2) is 0 Å². The lowest BCUT2D eigenvalue weighted by molar-refractivity contribution is -0.137. The van der Waals surface area contributed by atoms with Crippen LogP contribution in [0.4, 0.5) is 0 Å². The largest absolute Gasteiger partial charge is 0.463 e. The van der Waals surface area contributed by atoms with Gasteiger partial charge in [-0.2, -0.15) is 0 Å². The molecule has 0 aliphatic carbocycles. The predicted octanol–water partition coefficient (Wildman–Crippen LogP) is 1.68. The lowest BCUT2D eigenvalue weighted by Gasteiger charge is -2.18. The molecule has 0 N–H and O–H groups in total. The van der Waals surface area contributed by atoms with Gasteiger partial charge >= 0.3 is 5.97 Å². The summed E-state index contributed by atoms with van der Waals surface area (Å²) < 4.78 is 4.81. The van der Waals surface area contributed by atoms with Gasteiger partial charge in [-0.05, 0) is 26.7 Å². The van der Waals surface area contributed by atoms with Gasteiger partial charge < -0.3 is 9.64 Å².